The minimum Gasteiger partial charge on any atom is -0.343 e. The molecule has 0 bridgehead atoms. The summed E-state index contributed by atoms with van der Waals surface area (Å²) in [6.45, 7) is 1.43. The fourth-order valence-electron chi connectivity index (χ4n) is 2.77. The molecule has 0 saturated carbocycles. The zero-order valence-electron chi connectivity index (χ0n) is 13.1. The first-order valence-corrected chi connectivity index (χ1v) is 7.94. The minimum atomic E-state index is 0.0358. The number of aliphatic imine (C=N–C) groups is 1. The highest BCUT2D eigenvalue weighted by atomic mass is 16.1. The molecule has 0 radical (unpaired) electrons. The van der Waals surface area contributed by atoms with E-state index in [1.807, 2.05) is 36.7 Å². The Morgan fingerprint density at radius 2 is 2.12 bits per heavy atom. The van der Waals surface area contributed by atoms with Crippen molar-refractivity contribution in [3.8, 4) is 0 Å². The van der Waals surface area contributed by atoms with Crippen LogP contribution in [0.25, 0.3) is 0 Å². The molecule has 0 spiro atoms. The van der Waals surface area contributed by atoms with Gasteiger partial charge in [0.2, 0.25) is 11.9 Å². The molecule has 24 heavy (non-hydrogen) atoms. The van der Waals surface area contributed by atoms with Gasteiger partial charge in [0.1, 0.15) is 11.6 Å². The van der Waals surface area contributed by atoms with Crippen molar-refractivity contribution in [3.63, 3.8) is 0 Å². The zero-order chi connectivity index (χ0) is 16.4. The minimum absolute atomic E-state index is 0.0358. The van der Waals surface area contributed by atoms with Crippen LogP contribution in [-0.2, 0) is 4.79 Å². The van der Waals surface area contributed by atoms with Gasteiger partial charge in [-0.2, -0.15) is 0 Å². The molecule has 3 aliphatic heterocycles. The molecule has 0 atom stereocenters. The number of rotatable bonds is 2. The second-order valence-electron chi connectivity index (χ2n) is 5.77. The molecule has 7 nitrogen and oxygen atoms in total. The number of pyridine rings is 1. The number of guanidine groups is 1. The molecule has 1 amide bonds. The van der Waals surface area contributed by atoms with E-state index in [0.717, 1.165) is 30.0 Å². The lowest BCUT2D eigenvalue weighted by atomic mass is 10.1. The number of aromatic nitrogens is 1. The SMILES string of the molecule is O=C1CCC2=C(N1)NC(Nc1ccc(N3C=CC=CC3)cn1)=NC2. The van der Waals surface area contributed by atoms with Gasteiger partial charge in [0.25, 0.3) is 0 Å². The predicted molar refractivity (Wildman–Crippen MR) is 93.3 cm³/mol. The molecular formula is C17H18N6O. The zero-order valence-corrected chi connectivity index (χ0v) is 13.1. The Balaban J connectivity index is 1.41. The third-order valence-corrected chi connectivity index (χ3v) is 4.08. The van der Waals surface area contributed by atoms with E-state index >= 15 is 0 Å². The summed E-state index contributed by atoms with van der Waals surface area (Å²) in [6.07, 6.45) is 11.3. The van der Waals surface area contributed by atoms with Crippen molar-refractivity contribution in [2.75, 3.05) is 23.3 Å². The van der Waals surface area contributed by atoms with Crippen molar-refractivity contribution in [2.24, 2.45) is 4.99 Å². The number of nitrogens with zero attached hydrogens (tertiary/aromatic N) is 3. The summed E-state index contributed by atoms with van der Waals surface area (Å²) in [5, 5.41) is 9.13. The predicted octanol–water partition coefficient (Wildman–Crippen LogP) is 1.46. The van der Waals surface area contributed by atoms with Crippen molar-refractivity contribution in [1.29, 1.82) is 0 Å². The lowest BCUT2D eigenvalue weighted by Crippen LogP contribution is -2.44. The van der Waals surface area contributed by atoms with Gasteiger partial charge in [-0.3, -0.25) is 4.79 Å². The molecule has 1 aromatic heterocycles. The summed E-state index contributed by atoms with van der Waals surface area (Å²) in [5.41, 5.74) is 2.16. The van der Waals surface area contributed by atoms with E-state index in [0.29, 0.717) is 24.7 Å². The van der Waals surface area contributed by atoms with Crippen LogP contribution >= 0.6 is 0 Å². The first-order valence-electron chi connectivity index (χ1n) is 7.94. The molecule has 3 N–H and O–H groups in total. The summed E-state index contributed by atoms with van der Waals surface area (Å²) < 4.78 is 0. The number of hydrogen-bond acceptors (Lipinski definition) is 6. The monoisotopic (exact) mass is 322 g/mol. The van der Waals surface area contributed by atoms with Gasteiger partial charge in [-0.25, -0.2) is 9.98 Å². The molecule has 0 saturated heterocycles. The van der Waals surface area contributed by atoms with Crippen molar-refractivity contribution in [1.82, 2.24) is 15.6 Å². The van der Waals surface area contributed by atoms with Crippen LogP contribution in [0.5, 0.6) is 0 Å². The van der Waals surface area contributed by atoms with E-state index in [-0.39, 0.29) is 5.91 Å². The van der Waals surface area contributed by atoms with Gasteiger partial charge in [-0.1, -0.05) is 12.2 Å². The Labute approximate surface area is 139 Å². The highest BCUT2D eigenvalue weighted by molar-refractivity contribution is 5.95. The summed E-state index contributed by atoms with van der Waals surface area (Å²) in [6, 6.07) is 3.92. The Hall–Kier alpha value is -3.09. The number of anilines is 2. The van der Waals surface area contributed by atoms with Crippen molar-refractivity contribution >= 4 is 23.4 Å². The first kappa shape index (κ1) is 14.5. The van der Waals surface area contributed by atoms with Crippen LogP contribution in [0.4, 0.5) is 11.5 Å². The maximum absolute atomic E-state index is 11.5. The van der Waals surface area contributed by atoms with Gasteiger partial charge in [0.15, 0.2) is 0 Å². The summed E-state index contributed by atoms with van der Waals surface area (Å²) in [4.78, 5) is 22.5. The van der Waals surface area contributed by atoms with E-state index in [1.165, 1.54) is 0 Å². The molecule has 4 heterocycles. The molecule has 0 aromatic carbocycles. The molecule has 4 rings (SSSR count). The molecule has 122 valence electrons. The van der Waals surface area contributed by atoms with Gasteiger partial charge in [-0.15, -0.1) is 0 Å². The van der Waals surface area contributed by atoms with E-state index in [1.54, 1.807) is 0 Å². The number of nitrogens with one attached hydrogen (secondary N) is 3. The van der Waals surface area contributed by atoms with E-state index in [2.05, 4.69) is 36.9 Å². The lowest BCUT2D eigenvalue weighted by molar-refractivity contribution is -0.120. The highest BCUT2D eigenvalue weighted by Crippen LogP contribution is 2.19. The number of amides is 1. The first-order chi connectivity index (χ1) is 11.8. The molecule has 0 unspecified atom stereocenters. The van der Waals surface area contributed by atoms with Gasteiger partial charge >= 0.3 is 0 Å². The normalized spacial score (nSPS) is 19.4. The molecule has 1 aromatic rings. The van der Waals surface area contributed by atoms with Crippen LogP contribution in [0.1, 0.15) is 12.8 Å². The van der Waals surface area contributed by atoms with Crippen LogP contribution in [-0.4, -0.2) is 29.9 Å². The van der Waals surface area contributed by atoms with Crippen molar-refractivity contribution < 1.29 is 4.79 Å². The van der Waals surface area contributed by atoms with Gasteiger partial charge in [0.05, 0.1) is 18.4 Å². The molecule has 3 aliphatic rings. The smallest absolute Gasteiger partial charge is 0.225 e. The molecule has 0 fully saturated rings. The van der Waals surface area contributed by atoms with Crippen LogP contribution in [0.15, 0.2) is 59.1 Å². The average molecular weight is 322 g/mol. The number of hydrogen-bond donors (Lipinski definition) is 3. The van der Waals surface area contributed by atoms with Crippen LogP contribution in [0.3, 0.4) is 0 Å². The maximum atomic E-state index is 11.5. The van der Waals surface area contributed by atoms with Crippen LogP contribution in [0.2, 0.25) is 0 Å². The number of carbonyl (C=O) groups is 1. The lowest BCUT2D eigenvalue weighted by Gasteiger charge is -2.26. The Morgan fingerprint density at radius 3 is 2.92 bits per heavy atom. The van der Waals surface area contributed by atoms with Gasteiger partial charge < -0.3 is 20.9 Å². The summed E-state index contributed by atoms with van der Waals surface area (Å²) in [5.74, 6) is 2.09. The second-order valence-corrected chi connectivity index (χ2v) is 5.77. The molecule has 0 aliphatic carbocycles. The summed E-state index contributed by atoms with van der Waals surface area (Å²) >= 11 is 0. The van der Waals surface area contributed by atoms with E-state index < -0.39 is 0 Å². The Morgan fingerprint density at radius 1 is 1.17 bits per heavy atom. The largest absolute Gasteiger partial charge is 0.343 e. The average Bonchev–Trinajstić information content (AvgIpc) is 2.63. The maximum Gasteiger partial charge on any atom is 0.225 e. The standard InChI is InChI=1S/C17H18N6O/c24-15-7-4-12-10-19-17(22-16(12)21-15)20-14-6-5-13(11-18-14)23-8-2-1-3-9-23/h1-3,5-6,8,11H,4,7,9-10H2,(H,21,24)(H2,18,19,20,22). The fourth-order valence-corrected chi connectivity index (χ4v) is 2.77. The van der Waals surface area contributed by atoms with Gasteiger partial charge in [0, 0.05) is 19.2 Å². The number of allylic oxidation sites excluding steroid dienone is 2. The Kier molecular flexibility index (Phi) is 3.74. The van der Waals surface area contributed by atoms with Crippen LogP contribution < -0.4 is 20.9 Å². The van der Waals surface area contributed by atoms with E-state index in [4.69, 9.17) is 0 Å². The van der Waals surface area contributed by atoms with Crippen molar-refractivity contribution in [2.45, 2.75) is 12.8 Å². The summed E-state index contributed by atoms with van der Waals surface area (Å²) in [7, 11) is 0. The topological polar surface area (TPSA) is 81.7 Å². The van der Waals surface area contributed by atoms with E-state index in [9.17, 15) is 4.79 Å². The van der Waals surface area contributed by atoms with Crippen LogP contribution in [0, 0.1) is 0 Å². The number of carbonyl (C=O) groups excluding carboxylic acids is 1. The fraction of sp³-hybridized carbons (Fsp3) is 0.235. The van der Waals surface area contributed by atoms with Gasteiger partial charge in [-0.05, 0) is 30.2 Å². The second kappa shape index (κ2) is 6.19. The third-order valence-electron chi connectivity index (χ3n) is 4.08. The Bertz CT molecular complexity index is 775. The third kappa shape index (κ3) is 3.01. The molecular weight excluding hydrogens is 304 g/mol. The highest BCUT2D eigenvalue weighted by Gasteiger charge is 2.22. The molecule has 7 heteroatoms. The quantitative estimate of drug-likeness (QED) is 0.768. The van der Waals surface area contributed by atoms with Crippen molar-refractivity contribution in [3.05, 3.63) is 54.2 Å².